The molecule has 2 fully saturated rings. The highest BCUT2D eigenvalue weighted by Gasteiger charge is 2.24. The second-order valence-electron chi connectivity index (χ2n) is 5.32. The van der Waals surface area contributed by atoms with Gasteiger partial charge in [0.25, 0.3) is 0 Å². The molecule has 2 unspecified atom stereocenters. The molecule has 1 aliphatic carbocycles. The molecule has 1 aliphatic heterocycles. The van der Waals surface area contributed by atoms with Crippen LogP contribution in [0.25, 0.3) is 0 Å². The van der Waals surface area contributed by atoms with Gasteiger partial charge >= 0.3 is 0 Å². The SMILES string of the molecule is NC(c1ccc(OC2CC2)cc1)C1CCCCS1. The van der Waals surface area contributed by atoms with Crippen molar-refractivity contribution in [2.24, 2.45) is 5.73 Å². The normalized spacial score (nSPS) is 25.7. The van der Waals surface area contributed by atoms with Crippen LogP contribution in [0.2, 0.25) is 0 Å². The van der Waals surface area contributed by atoms with Crippen LogP contribution in [-0.2, 0) is 0 Å². The van der Waals surface area contributed by atoms with Gasteiger partial charge in [0.05, 0.1) is 6.10 Å². The van der Waals surface area contributed by atoms with Crippen molar-refractivity contribution in [1.82, 2.24) is 0 Å². The zero-order chi connectivity index (χ0) is 12.4. The summed E-state index contributed by atoms with van der Waals surface area (Å²) in [6, 6.07) is 8.59. The van der Waals surface area contributed by atoms with Crippen LogP contribution >= 0.6 is 11.8 Å². The van der Waals surface area contributed by atoms with Crippen molar-refractivity contribution in [3.63, 3.8) is 0 Å². The van der Waals surface area contributed by atoms with Gasteiger partial charge in [-0.1, -0.05) is 18.6 Å². The van der Waals surface area contributed by atoms with Gasteiger partial charge in [-0.15, -0.1) is 0 Å². The van der Waals surface area contributed by atoms with E-state index >= 15 is 0 Å². The molecular weight excluding hydrogens is 242 g/mol. The fourth-order valence-corrected chi connectivity index (χ4v) is 3.78. The van der Waals surface area contributed by atoms with E-state index in [9.17, 15) is 0 Å². The molecule has 3 heteroatoms. The van der Waals surface area contributed by atoms with Gasteiger partial charge < -0.3 is 10.5 Å². The fraction of sp³-hybridized carbons (Fsp3) is 0.600. The van der Waals surface area contributed by atoms with Crippen molar-refractivity contribution < 1.29 is 4.74 Å². The van der Waals surface area contributed by atoms with E-state index in [0.29, 0.717) is 11.4 Å². The summed E-state index contributed by atoms with van der Waals surface area (Å²) in [4.78, 5) is 0. The van der Waals surface area contributed by atoms with E-state index < -0.39 is 0 Å². The monoisotopic (exact) mass is 263 g/mol. The first-order valence-corrected chi connectivity index (χ1v) is 8.01. The molecule has 98 valence electrons. The molecule has 1 aromatic rings. The topological polar surface area (TPSA) is 35.2 Å². The largest absolute Gasteiger partial charge is 0.490 e. The Morgan fingerprint density at radius 1 is 1.11 bits per heavy atom. The van der Waals surface area contributed by atoms with Crippen LogP contribution in [0.1, 0.15) is 43.7 Å². The van der Waals surface area contributed by atoms with E-state index in [4.69, 9.17) is 10.5 Å². The number of rotatable bonds is 4. The molecule has 0 spiro atoms. The van der Waals surface area contributed by atoms with Crippen LogP contribution in [0.3, 0.4) is 0 Å². The van der Waals surface area contributed by atoms with E-state index in [-0.39, 0.29) is 6.04 Å². The van der Waals surface area contributed by atoms with Crippen molar-refractivity contribution in [2.75, 3.05) is 5.75 Å². The summed E-state index contributed by atoms with van der Waals surface area (Å²) in [5.74, 6) is 2.26. The van der Waals surface area contributed by atoms with E-state index in [1.54, 1.807) is 0 Å². The molecule has 3 rings (SSSR count). The summed E-state index contributed by atoms with van der Waals surface area (Å²) in [5, 5.41) is 0.592. The Bertz CT molecular complexity index is 382. The van der Waals surface area contributed by atoms with Crippen LogP contribution in [-0.4, -0.2) is 17.1 Å². The third-order valence-electron chi connectivity index (χ3n) is 3.71. The average molecular weight is 263 g/mol. The summed E-state index contributed by atoms with van der Waals surface area (Å²) in [7, 11) is 0. The molecule has 1 heterocycles. The minimum absolute atomic E-state index is 0.172. The lowest BCUT2D eigenvalue weighted by Crippen LogP contribution is -2.26. The predicted octanol–water partition coefficient (Wildman–Crippen LogP) is 3.51. The molecule has 0 bridgehead atoms. The van der Waals surface area contributed by atoms with Crippen molar-refractivity contribution in [3.8, 4) is 5.75 Å². The molecule has 2 N–H and O–H groups in total. The Labute approximate surface area is 113 Å². The number of hydrogen-bond acceptors (Lipinski definition) is 3. The van der Waals surface area contributed by atoms with Gasteiger partial charge in [0.2, 0.25) is 0 Å². The van der Waals surface area contributed by atoms with Gasteiger partial charge in [0, 0.05) is 11.3 Å². The van der Waals surface area contributed by atoms with E-state index in [1.165, 1.54) is 43.4 Å². The number of benzene rings is 1. The highest BCUT2D eigenvalue weighted by molar-refractivity contribution is 8.00. The summed E-state index contributed by atoms with van der Waals surface area (Å²) < 4.78 is 5.76. The molecule has 1 saturated heterocycles. The Hall–Kier alpha value is -0.670. The van der Waals surface area contributed by atoms with Gasteiger partial charge in [-0.25, -0.2) is 0 Å². The molecule has 2 aliphatic rings. The van der Waals surface area contributed by atoms with E-state index in [1.807, 2.05) is 11.8 Å². The summed E-state index contributed by atoms with van der Waals surface area (Å²) >= 11 is 2.03. The zero-order valence-electron chi connectivity index (χ0n) is 10.7. The van der Waals surface area contributed by atoms with Crippen molar-refractivity contribution in [2.45, 2.75) is 49.5 Å². The number of nitrogens with two attached hydrogens (primary N) is 1. The Kier molecular flexibility index (Phi) is 3.80. The maximum atomic E-state index is 6.37. The lowest BCUT2D eigenvalue weighted by Gasteiger charge is -2.27. The van der Waals surface area contributed by atoms with Gasteiger partial charge in [-0.2, -0.15) is 11.8 Å². The summed E-state index contributed by atoms with van der Waals surface area (Å²) in [6.07, 6.45) is 6.82. The van der Waals surface area contributed by atoms with Crippen LogP contribution in [0.15, 0.2) is 24.3 Å². The summed E-state index contributed by atoms with van der Waals surface area (Å²) in [6.45, 7) is 0. The molecule has 1 aromatic carbocycles. The third kappa shape index (κ3) is 3.01. The van der Waals surface area contributed by atoms with Gasteiger partial charge in [0.15, 0.2) is 0 Å². The second kappa shape index (κ2) is 5.54. The Morgan fingerprint density at radius 3 is 2.50 bits per heavy atom. The van der Waals surface area contributed by atoms with Crippen molar-refractivity contribution in [3.05, 3.63) is 29.8 Å². The van der Waals surface area contributed by atoms with Crippen molar-refractivity contribution >= 4 is 11.8 Å². The lowest BCUT2D eigenvalue weighted by atomic mass is 10.0. The van der Waals surface area contributed by atoms with E-state index in [2.05, 4.69) is 24.3 Å². The number of ether oxygens (including phenoxy) is 1. The molecule has 0 radical (unpaired) electrons. The zero-order valence-corrected chi connectivity index (χ0v) is 11.5. The highest BCUT2D eigenvalue weighted by atomic mass is 32.2. The Morgan fingerprint density at radius 2 is 1.89 bits per heavy atom. The Balaban J connectivity index is 1.63. The fourth-order valence-electron chi connectivity index (χ4n) is 2.41. The highest BCUT2D eigenvalue weighted by Crippen LogP contribution is 2.34. The number of thioether (sulfide) groups is 1. The van der Waals surface area contributed by atoms with Crippen LogP contribution in [0.4, 0.5) is 0 Å². The minimum atomic E-state index is 0.172. The molecule has 0 aromatic heterocycles. The molecule has 18 heavy (non-hydrogen) atoms. The molecule has 2 atom stereocenters. The third-order valence-corrected chi connectivity index (χ3v) is 5.19. The first-order chi connectivity index (χ1) is 8.83. The first kappa shape index (κ1) is 12.4. The quantitative estimate of drug-likeness (QED) is 0.903. The maximum Gasteiger partial charge on any atom is 0.119 e. The molecule has 1 saturated carbocycles. The first-order valence-electron chi connectivity index (χ1n) is 6.97. The maximum absolute atomic E-state index is 6.37. The summed E-state index contributed by atoms with van der Waals surface area (Å²) in [5.41, 5.74) is 7.62. The number of hydrogen-bond donors (Lipinski definition) is 1. The van der Waals surface area contributed by atoms with Crippen LogP contribution in [0, 0.1) is 0 Å². The smallest absolute Gasteiger partial charge is 0.119 e. The second-order valence-corrected chi connectivity index (χ2v) is 6.66. The van der Waals surface area contributed by atoms with Crippen LogP contribution < -0.4 is 10.5 Å². The standard InChI is InChI=1S/C15H21NOS/c16-15(14-3-1-2-10-18-14)11-4-6-12(7-5-11)17-13-8-9-13/h4-7,13-15H,1-3,8-10,16H2. The predicted molar refractivity (Wildman–Crippen MR) is 77.1 cm³/mol. The van der Waals surface area contributed by atoms with E-state index in [0.717, 1.165) is 5.75 Å². The van der Waals surface area contributed by atoms with Gasteiger partial charge in [-0.05, 0) is 49.1 Å². The van der Waals surface area contributed by atoms with Crippen LogP contribution in [0.5, 0.6) is 5.75 Å². The van der Waals surface area contributed by atoms with Crippen molar-refractivity contribution in [1.29, 1.82) is 0 Å². The molecule has 2 nitrogen and oxygen atoms in total. The minimum Gasteiger partial charge on any atom is -0.490 e. The lowest BCUT2D eigenvalue weighted by molar-refractivity contribution is 0.303. The average Bonchev–Trinajstić information content (AvgIpc) is 3.24. The molecule has 0 amide bonds. The van der Waals surface area contributed by atoms with Gasteiger partial charge in [0.1, 0.15) is 5.75 Å². The molecular formula is C15H21NOS. The van der Waals surface area contributed by atoms with Gasteiger partial charge in [-0.3, -0.25) is 0 Å².